The van der Waals surface area contributed by atoms with E-state index >= 15 is 0 Å². The molecule has 0 saturated carbocycles. The number of terminal acetylenes is 1. The number of rotatable bonds is 4. The Morgan fingerprint density at radius 2 is 2.33 bits per heavy atom. The number of nitrogens with one attached hydrogen (secondary N) is 1. The van der Waals surface area contributed by atoms with Gasteiger partial charge in [-0.2, -0.15) is 0 Å². The first-order valence-corrected chi connectivity index (χ1v) is 4.77. The maximum absolute atomic E-state index is 11.3. The average Bonchev–Trinajstić information content (AvgIpc) is 2.53. The quantitative estimate of drug-likeness (QED) is 0.747. The van der Waals surface area contributed by atoms with E-state index in [1.54, 1.807) is 0 Å². The zero-order chi connectivity index (χ0) is 11.3. The lowest BCUT2D eigenvalue weighted by Gasteiger charge is -2.00. The van der Waals surface area contributed by atoms with Crippen molar-refractivity contribution in [1.29, 1.82) is 0 Å². The van der Waals surface area contributed by atoms with E-state index in [2.05, 4.69) is 16.4 Å². The summed E-state index contributed by atoms with van der Waals surface area (Å²) in [6, 6.07) is 0. The summed E-state index contributed by atoms with van der Waals surface area (Å²) in [5.41, 5.74) is 1.85. The van der Waals surface area contributed by atoms with Crippen molar-refractivity contribution >= 4 is 5.91 Å². The summed E-state index contributed by atoms with van der Waals surface area (Å²) >= 11 is 0. The number of hydrogen-bond acceptors (Lipinski definition) is 3. The predicted molar refractivity (Wildman–Crippen MR) is 56.1 cm³/mol. The normalized spacial score (nSPS) is 9.67. The van der Waals surface area contributed by atoms with Crippen LogP contribution in [0.4, 0.5) is 0 Å². The molecule has 1 aromatic heterocycles. The van der Waals surface area contributed by atoms with Crippen molar-refractivity contribution in [2.75, 3.05) is 6.54 Å². The number of carbonyl (C=O) groups is 1. The minimum atomic E-state index is -0.0482. The van der Waals surface area contributed by atoms with Crippen molar-refractivity contribution in [3.05, 3.63) is 17.0 Å². The van der Waals surface area contributed by atoms with Crippen LogP contribution in [0.5, 0.6) is 0 Å². The molecule has 15 heavy (non-hydrogen) atoms. The van der Waals surface area contributed by atoms with Crippen LogP contribution in [-0.2, 0) is 11.2 Å². The van der Waals surface area contributed by atoms with Crippen LogP contribution in [0.3, 0.4) is 0 Å². The molecule has 0 spiro atoms. The minimum Gasteiger partial charge on any atom is -0.361 e. The Morgan fingerprint density at radius 3 is 2.87 bits per heavy atom. The third kappa shape index (κ3) is 3.13. The number of amides is 1. The van der Waals surface area contributed by atoms with Crippen molar-refractivity contribution < 1.29 is 9.32 Å². The predicted octanol–water partition coefficient (Wildman–Crippen LogP) is 0.973. The number of aromatic nitrogens is 1. The molecular weight excluding hydrogens is 192 g/mol. The monoisotopic (exact) mass is 206 g/mol. The molecular formula is C11H14N2O2. The number of nitrogens with zero attached hydrogens (tertiary/aromatic N) is 1. The maximum Gasteiger partial charge on any atom is 0.221 e. The van der Waals surface area contributed by atoms with Crippen molar-refractivity contribution in [2.24, 2.45) is 0 Å². The largest absolute Gasteiger partial charge is 0.361 e. The zero-order valence-corrected chi connectivity index (χ0v) is 8.96. The van der Waals surface area contributed by atoms with Gasteiger partial charge in [-0.3, -0.25) is 4.79 Å². The molecule has 1 amide bonds. The van der Waals surface area contributed by atoms with Crippen LogP contribution in [0.2, 0.25) is 0 Å². The summed E-state index contributed by atoms with van der Waals surface area (Å²) in [6.07, 6.45) is 6.07. The summed E-state index contributed by atoms with van der Waals surface area (Å²) in [6.45, 7) is 3.99. The lowest BCUT2D eigenvalue weighted by atomic mass is 10.1. The lowest BCUT2D eigenvalue weighted by molar-refractivity contribution is -0.120. The summed E-state index contributed by atoms with van der Waals surface area (Å²) in [7, 11) is 0. The van der Waals surface area contributed by atoms with E-state index in [9.17, 15) is 4.79 Å². The molecule has 0 aliphatic heterocycles. The summed E-state index contributed by atoms with van der Waals surface area (Å²) in [4.78, 5) is 11.3. The van der Waals surface area contributed by atoms with E-state index in [0.29, 0.717) is 12.8 Å². The standard InChI is InChI=1S/C11H14N2O2/c1-4-7-12-11(14)6-5-10-8(2)13-15-9(10)3/h1H,5-7H2,2-3H3,(H,12,14). The average molecular weight is 206 g/mol. The van der Waals surface area contributed by atoms with Crippen LogP contribution in [0.1, 0.15) is 23.4 Å². The van der Waals surface area contributed by atoms with Gasteiger partial charge < -0.3 is 9.84 Å². The molecule has 1 rings (SSSR count). The number of hydrogen-bond donors (Lipinski definition) is 1. The van der Waals surface area contributed by atoms with E-state index in [-0.39, 0.29) is 12.5 Å². The van der Waals surface area contributed by atoms with Gasteiger partial charge in [-0.15, -0.1) is 6.42 Å². The first kappa shape index (κ1) is 11.3. The first-order valence-electron chi connectivity index (χ1n) is 4.77. The summed E-state index contributed by atoms with van der Waals surface area (Å²) in [5, 5.41) is 6.42. The fraction of sp³-hybridized carbons (Fsp3) is 0.455. The second-order valence-corrected chi connectivity index (χ2v) is 3.28. The van der Waals surface area contributed by atoms with Gasteiger partial charge in [0.05, 0.1) is 12.2 Å². The Bertz CT molecular complexity index is 368. The third-order valence-corrected chi connectivity index (χ3v) is 2.17. The smallest absolute Gasteiger partial charge is 0.221 e. The molecule has 0 aliphatic rings. The zero-order valence-electron chi connectivity index (χ0n) is 8.96. The van der Waals surface area contributed by atoms with E-state index in [1.807, 2.05) is 13.8 Å². The Labute approximate surface area is 89.0 Å². The van der Waals surface area contributed by atoms with Crippen LogP contribution < -0.4 is 5.32 Å². The summed E-state index contributed by atoms with van der Waals surface area (Å²) < 4.78 is 4.99. The fourth-order valence-corrected chi connectivity index (χ4v) is 1.34. The third-order valence-electron chi connectivity index (χ3n) is 2.17. The van der Waals surface area contributed by atoms with Crippen molar-refractivity contribution in [1.82, 2.24) is 10.5 Å². The highest BCUT2D eigenvalue weighted by Gasteiger charge is 2.10. The molecule has 1 aromatic rings. The van der Waals surface area contributed by atoms with Crippen molar-refractivity contribution in [2.45, 2.75) is 26.7 Å². The van der Waals surface area contributed by atoms with Crippen LogP contribution in [-0.4, -0.2) is 17.6 Å². The van der Waals surface area contributed by atoms with Crippen LogP contribution in [0.15, 0.2) is 4.52 Å². The first-order chi connectivity index (χ1) is 7.15. The molecule has 4 heteroatoms. The van der Waals surface area contributed by atoms with Gasteiger partial charge in [-0.05, 0) is 20.3 Å². The number of aryl methyl sites for hydroxylation is 2. The molecule has 1 heterocycles. The Hall–Kier alpha value is -1.76. The van der Waals surface area contributed by atoms with Gasteiger partial charge in [0.15, 0.2) is 0 Å². The Kier molecular flexibility index (Phi) is 3.92. The molecule has 0 bridgehead atoms. The fourth-order valence-electron chi connectivity index (χ4n) is 1.34. The van der Waals surface area contributed by atoms with E-state index in [4.69, 9.17) is 10.9 Å². The number of carbonyl (C=O) groups excluding carboxylic acids is 1. The van der Waals surface area contributed by atoms with Crippen LogP contribution in [0, 0.1) is 26.2 Å². The highest BCUT2D eigenvalue weighted by Crippen LogP contribution is 2.13. The van der Waals surface area contributed by atoms with Gasteiger partial charge in [0, 0.05) is 12.0 Å². The van der Waals surface area contributed by atoms with Crippen LogP contribution >= 0.6 is 0 Å². The van der Waals surface area contributed by atoms with Gasteiger partial charge in [0.25, 0.3) is 0 Å². The van der Waals surface area contributed by atoms with Crippen molar-refractivity contribution in [3.63, 3.8) is 0 Å². The van der Waals surface area contributed by atoms with Gasteiger partial charge in [-0.25, -0.2) is 0 Å². The molecule has 0 aliphatic carbocycles. The van der Waals surface area contributed by atoms with E-state index in [0.717, 1.165) is 17.0 Å². The molecule has 0 atom stereocenters. The van der Waals surface area contributed by atoms with Crippen LogP contribution in [0.25, 0.3) is 0 Å². The van der Waals surface area contributed by atoms with Gasteiger partial charge in [0.1, 0.15) is 5.76 Å². The Balaban J connectivity index is 2.44. The summed E-state index contributed by atoms with van der Waals surface area (Å²) in [5.74, 6) is 3.08. The molecule has 0 aromatic carbocycles. The second kappa shape index (κ2) is 5.20. The SMILES string of the molecule is C#CCNC(=O)CCc1c(C)noc1C. The molecule has 4 nitrogen and oxygen atoms in total. The molecule has 1 N–H and O–H groups in total. The van der Waals surface area contributed by atoms with E-state index < -0.39 is 0 Å². The van der Waals surface area contributed by atoms with Gasteiger partial charge in [0.2, 0.25) is 5.91 Å². The molecule has 80 valence electrons. The lowest BCUT2D eigenvalue weighted by Crippen LogP contribution is -2.23. The molecule has 0 radical (unpaired) electrons. The molecule has 0 fully saturated rings. The van der Waals surface area contributed by atoms with E-state index in [1.165, 1.54) is 0 Å². The van der Waals surface area contributed by atoms with Crippen molar-refractivity contribution in [3.8, 4) is 12.3 Å². The maximum atomic E-state index is 11.3. The van der Waals surface area contributed by atoms with Gasteiger partial charge in [-0.1, -0.05) is 11.1 Å². The van der Waals surface area contributed by atoms with Gasteiger partial charge >= 0.3 is 0 Å². The minimum absolute atomic E-state index is 0.0482. The Morgan fingerprint density at radius 1 is 1.60 bits per heavy atom. The molecule has 0 saturated heterocycles. The highest BCUT2D eigenvalue weighted by molar-refractivity contribution is 5.76. The molecule has 0 unspecified atom stereocenters. The second-order valence-electron chi connectivity index (χ2n) is 3.28. The topological polar surface area (TPSA) is 55.1 Å². The highest BCUT2D eigenvalue weighted by atomic mass is 16.5.